The van der Waals surface area contributed by atoms with Crippen LogP contribution in [0.3, 0.4) is 0 Å². The van der Waals surface area contributed by atoms with E-state index in [0.717, 1.165) is 6.42 Å². The molecule has 2 rings (SSSR count). The highest BCUT2D eigenvalue weighted by Gasteiger charge is 2.39. The Balaban J connectivity index is 2.01. The predicted octanol–water partition coefficient (Wildman–Crippen LogP) is 1.60. The van der Waals surface area contributed by atoms with E-state index in [0.29, 0.717) is 13.0 Å². The fourth-order valence-electron chi connectivity index (χ4n) is 1.49. The van der Waals surface area contributed by atoms with Crippen LogP contribution in [0.15, 0.2) is 4.52 Å². The van der Waals surface area contributed by atoms with Gasteiger partial charge in [0, 0.05) is 6.61 Å². The van der Waals surface area contributed by atoms with Crippen LogP contribution in [-0.2, 0) is 16.0 Å². The first kappa shape index (κ1) is 12.0. The van der Waals surface area contributed by atoms with Crippen LogP contribution < -0.4 is 0 Å². The number of nitrogens with zero attached hydrogens (tertiary/aromatic N) is 2. The Kier molecular flexibility index (Phi) is 3.14. The van der Waals surface area contributed by atoms with Crippen LogP contribution in [0.2, 0.25) is 0 Å². The Morgan fingerprint density at radius 1 is 1.47 bits per heavy atom. The number of ether oxygens (including phenoxy) is 1. The molecule has 0 bridgehead atoms. The maximum absolute atomic E-state index is 12.0. The summed E-state index contributed by atoms with van der Waals surface area (Å²) in [5, 5.41) is 3.50. The summed E-state index contributed by atoms with van der Waals surface area (Å²) in [6.45, 7) is 0.565. The molecule has 1 aromatic heterocycles. The molecule has 17 heavy (non-hydrogen) atoms. The third-order valence-corrected chi connectivity index (χ3v) is 2.33. The summed E-state index contributed by atoms with van der Waals surface area (Å²) in [5.74, 6) is -2.04. The van der Waals surface area contributed by atoms with Crippen molar-refractivity contribution < 1.29 is 27.2 Å². The van der Waals surface area contributed by atoms with Gasteiger partial charge >= 0.3 is 6.18 Å². The van der Waals surface area contributed by atoms with Gasteiger partial charge in [-0.3, -0.25) is 4.79 Å². The van der Waals surface area contributed by atoms with Crippen molar-refractivity contribution in [2.24, 2.45) is 0 Å². The molecule has 0 amide bonds. The lowest BCUT2D eigenvalue weighted by Gasteiger charge is -2.01. The number of carbonyl (C=O) groups is 1. The van der Waals surface area contributed by atoms with Crippen LogP contribution in [0.1, 0.15) is 30.7 Å². The highest BCUT2D eigenvalue weighted by molar-refractivity contribution is 5.85. The van der Waals surface area contributed by atoms with Gasteiger partial charge in [0.25, 0.3) is 0 Å². The first-order valence-corrected chi connectivity index (χ1v) is 5.01. The van der Waals surface area contributed by atoms with E-state index in [9.17, 15) is 18.0 Å². The van der Waals surface area contributed by atoms with Crippen molar-refractivity contribution in [1.29, 1.82) is 0 Å². The topological polar surface area (TPSA) is 65.2 Å². The fraction of sp³-hybridized carbons (Fsp3) is 0.667. The molecule has 0 radical (unpaired) electrons. The van der Waals surface area contributed by atoms with E-state index in [4.69, 9.17) is 4.74 Å². The Morgan fingerprint density at radius 2 is 2.24 bits per heavy atom. The predicted molar refractivity (Wildman–Crippen MR) is 47.0 cm³/mol. The van der Waals surface area contributed by atoms with E-state index in [1.165, 1.54) is 0 Å². The molecule has 0 N–H and O–H groups in total. The van der Waals surface area contributed by atoms with Gasteiger partial charge in [0.15, 0.2) is 0 Å². The van der Waals surface area contributed by atoms with Gasteiger partial charge in [-0.25, -0.2) is 0 Å². The summed E-state index contributed by atoms with van der Waals surface area (Å²) in [5.41, 5.74) is 0. The third-order valence-electron chi connectivity index (χ3n) is 2.33. The molecule has 1 aromatic rings. The molecule has 94 valence electrons. The van der Waals surface area contributed by atoms with Gasteiger partial charge < -0.3 is 9.26 Å². The van der Waals surface area contributed by atoms with Crippen molar-refractivity contribution in [3.05, 3.63) is 11.7 Å². The molecule has 5 nitrogen and oxygen atoms in total. The lowest BCUT2D eigenvalue weighted by molar-refractivity contribution is -0.170. The molecule has 1 saturated heterocycles. The van der Waals surface area contributed by atoms with Gasteiger partial charge in [-0.1, -0.05) is 5.16 Å². The van der Waals surface area contributed by atoms with Crippen LogP contribution in [-0.4, -0.2) is 28.7 Å². The zero-order valence-corrected chi connectivity index (χ0v) is 8.66. The van der Waals surface area contributed by atoms with Gasteiger partial charge in [-0.15, -0.1) is 0 Å². The van der Waals surface area contributed by atoms with Gasteiger partial charge in [-0.05, 0) is 12.8 Å². The molecule has 0 saturated carbocycles. The van der Waals surface area contributed by atoms with Gasteiger partial charge in [0.1, 0.15) is 6.10 Å². The summed E-state index contributed by atoms with van der Waals surface area (Å²) in [6.07, 6.45) is -4.60. The summed E-state index contributed by atoms with van der Waals surface area (Å²) >= 11 is 0. The molecule has 1 unspecified atom stereocenters. The third kappa shape index (κ3) is 2.82. The second-order valence-corrected chi connectivity index (χ2v) is 3.65. The average molecular weight is 250 g/mol. The minimum Gasteiger partial charge on any atom is -0.370 e. The first-order valence-electron chi connectivity index (χ1n) is 5.01. The average Bonchev–Trinajstić information content (AvgIpc) is 2.83. The van der Waals surface area contributed by atoms with Crippen LogP contribution >= 0.6 is 0 Å². The van der Waals surface area contributed by atoms with E-state index in [2.05, 4.69) is 14.7 Å². The van der Waals surface area contributed by atoms with E-state index in [-0.39, 0.29) is 17.8 Å². The molecule has 1 aliphatic heterocycles. The number of ketones is 1. The molecule has 1 aliphatic rings. The Hall–Kier alpha value is -1.44. The zero-order chi connectivity index (χ0) is 12.5. The van der Waals surface area contributed by atoms with Crippen LogP contribution in [0.25, 0.3) is 0 Å². The van der Waals surface area contributed by atoms with Crippen molar-refractivity contribution in [2.45, 2.75) is 31.5 Å². The smallest absolute Gasteiger partial charge is 0.370 e. The van der Waals surface area contributed by atoms with E-state index < -0.39 is 18.4 Å². The normalized spacial score (nSPS) is 20.8. The minimum atomic E-state index is -4.88. The molecule has 0 aliphatic carbocycles. The zero-order valence-electron chi connectivity index (χ0n) is 8.66. The van der Waals surface area contributed by atoms with Crippen molar-refractivity contribution in [1.82, 2.24) is 10.1 Å². The number of halogens is 3. The van der Waals surface area contributed by atoms with Crippen LogP contribution in [0.4, 0.5) is 13.2 Å². The Bertz CT molecular complexity index is 410. The van der Waals surface area contributed by atoms with Crippen molar-refractivity contribution >= 4 is 5.78 Å². The quantitative estimate of drug-likeness (QED) is 0.815. The lowest BCUT2D eigenvalue weighted by atomic mass is 10.2. The Morgan fingerprint density at radius 3 is 2.82 bits per heavy atom. The molecule has 1 fully saturated rings. The molecule has 2 heterocycles. The maximum atomic E-state index is 12.0. The number of aromatic nitrogens is 2. The second-order valence-electron chi connectivity index (χ2n) is 3.65. The van der Waals surface area contributed by atoms with Crippen molar-refractivity contribution in [3.63, 3.8) is 0 Å². The SMILES string of the molecule is O=C(Cc1nc(C2CCCO2)no1)C(F)(F)F. The number of hydrogen-bond acceptors (Lipinski definition) is 5. The summed E-state index contributed by atoms with van der Waals surface area (Å²) in [4.78, 5) is 14.4. The Labute approximate surface area is 93.9 Å². The summed E-state index contributed by atoms with van der Waals surface area (Å²) in [6, 6.07) is 0. The summed E-state index contributed by atoms with van der Waals surface area (Å²) < 4.78 is 45.7. The van der Waals surface area contributed by atoms with E-state index in [1.54, 1.807) is 0 Å². The highest BCUT2D eigenvalue weighted by Crippen LogP contribution is 2.26. The summed E-state index contributed by atoms with van der Waals surface area (Å²) in [7, 11) is 0. The molecular formula is C9H9F3N2O3. The number of alkyl halides is 3. The molecule has 0 spiro atoms. The van der Waals surface area contributed by atoms with Gasteiger partial charge in [-0.2, -0.15) is 18.2 Å². The van der Waals surface area contributed by atoms with Gasteiger partial charge in [0.05, 0.1) is 6.42 Å². The van der Waals surface area contributed by atoms with E-state index >= 15 is 0 Å². The lowest BCUT2D eigenvalue weighted by Crippen LogP contribution is -2.24. The monoisotopic (exact) mass is 250 g/mol. The fourth-order valence-corrected chi connectivity index (χ4v) is 1.49. The molecule has 0 aromatic carbocycles. The molecular weight excluding hydrogens is 241 g/mol. The molecule has 1 atom stereocenters. The maximum Gasteiger partial charge on any atom is 0.450 e. The molecule has 8 heteroatoms. The minimum absolute atomic E-state index is 0.201. The standard InChI is InChI=1S/C9H9F3N2O3/c10-9(11,12)6(15)4-7-13-8(14-17-7)5-2-1-3-16-5/h5H,1-4H2. The number of carbonyl (C=O) groups excluding carboxylic acids is 1. The van der Waals surface area contributed by atoms with Crippen molar-refractivity contribution in [3.8, 4) is 0 Å². The first-order chi connectivity index (χ1) is 7.97. The number of Topliss-reactive ketones (excluding diaryl/α,β-unsaturated/α-hetero) is 1. The van der Waals surface area contributed by atoms with E-state index in [1.807, 2.05) is 0 Å². The number of hydrogen-bond donors (Lipinski definition) is 0. The van der Waals surface area contributed by atoms with Gasteiger partial charge in [0.2, 0.25) is 17.5 Å². The van der Waals surface area contributed by atoms with Crippen molar-refractivity contribution in [2.75, 3.05) is 6.61 Å². The van der Waals surface area contributed by atoms with Crippen LogP contribution in [0.5, 0.6) is 0 Å². The second kappa shape index (κ2) is 4.44. The number of rotatable bonds is 3. The highest BCUT2D eigenvalue weighted by atomic mass is 19.4. The largest absolute Gasteiger partial charge is 0.450 e. The van der Waals surface area contributed by atoms with Crippen LogP contribution in [0, 0.1) is 0 Å².